The SMILES string of the molecule is Cc1ccc(O[C@H](C)C(=O)N(C)Cc2cc(C)on2)c(Br)c1. The largest absolute Gasteiger partial charge is 0.480 e. The van der Waals surface area contributed by atoms with Crippen molar-refractivity contribution in [2.75, 3.05) is 7.05 Å². The molecule has 22 heavy (non-hydrogen) atoms. The summed E-state index contributed by atoms with van der Waals surface area (Å²) in [4.78, 5) is 13.9. The van der Waals surface area contributed by atoms with Gasteiger partial charge in [-0.25, -0.2) is 0 Å². The number of amides is 1. The Labute approximate surface area is 138 Å². The highest BCUT2D eigenvalue weighted by atomic mass is 79.9. The summed E-state index contributed by atoms with van der Waals surface area (Å²) in [6.07, 6.45) is -0.586. The molecule has 5 nitrogen and oxygen atoms in total. The van der Waals surface area contributed by atoms with Crippen LogP contribution in [-0.2, 0) is 11.3 Å². The summed E-state index contributed by atoms with van der Waals surface area (Å²) in [5.74, 6) is 1.26. The molecule has 0 saturated heterocycles. The van der Waals surface area contributed by atoms with E-state index in [9.17, 15) is 4.79 Å². The van der Waals surface area contributed by atoms with E-state index in [1.165, 1.54) is 0 Å². The highest BCUT2D eigenvalue weighted by molar-refractivity contribution is 9.10. The number of halogens is 1. The van der Waals surface area contributed by atoms with Crippen molar-refractivity contribution in [2.24, 2.45) is 0 Å². The van der Waals surface area contributed by atoms with Crippen molar-refractivity contribution in [1.29, 1.82) is 0 Å². The Hall–Kier alpha value is -1.82. The molecular weight excluding hydrogens is 348 g/mol. The lowest BCUT2D eigenvalue weighted by atomic mass is 10.2. The van der Waals surface area contributed by atoms with Crippen LogP contribution in [0.1, 0.15) is 23.9 Å². The van der Waals surface area contributed by atoms with Crippen LogP contribution in [0.4, 0.5) is 0 Å². The van der Waals surface area contributed by atoms with Gasteiger partial charge in [-0.05, 0) is 54.4 Å². The average Bonchev–Trinajstić information content (AvgIpc) is 2.86. The molecule has 2 rings (SSSR count). The quantitative estimate of drug-likeness (QED) is 0.812. The van der Waals surface area contributed by atoms with Gasteiger partial charge >= 0.3 is 0 Å². The predicted octanol–water partition coefficient (Wildman–Crippen LogP) is 3.48. The summed E-state index contributed by atoms with van der Waals surface area (Å²) in [5.41, 5.74) is 1.84. The van der Waals surface area contributed by atoms with Gasteiger partial charge in [-0.2, -0.15) is 0 Å². The van der Waals surface area contributed by atoms with Crippen LogP contribution in [-0.4, -0.2) is 29.1 Å². The van der Waals surface area contributed by atoms with E-state index in [0.29, 0.717) is 12.3 Å². The Balaban J connectivity index is 1.98. The number of aromatic nitrogens is 1. The van der Waals surface area contributed by atoms with E-state index in [2.05, 4.69) is 21.1 Å². The normalized spacial score (nSPS) is 12.0. The fourth-order valence-corrected chi connectivity index (χ4v) is 2.65. The Morgan fingerprint density at radius 2 is 2.14 bits per heavy atom. The van der Waals surface area contributed by atoms with Gasteiger partial charge in [0.15, 0.2) is 6.10 Å². The maximum absolute atomic E-state index is 12.4. The first-order valence-electron chi connectivity index (χ1n) is 6.97. The van der Waals surface area contributed by atoms with Crippen molar-refractivity contribution in [3.05, 3.63) is 45.8 Å². The zero-order chi connectivity index (χ0) is 16.3. The van der Waals surface area contributed by atoms with Gasteiger partial charge in [0, 0.05) is 13.1 Å². The van der Waals surface area contributed by atoms with Crippen molar-refractivity contribution < 1.29 is 14.1 Å². The van der Waals surface area contributed by atoms with Crippen molar-refractivity contribution in [1.82, 2.24) is 10.1 Å². The molecule has 0 aliphatic heterocycles. The van der Waals surface area contributed by atoms with Gasteiger partial charge in [-0.15, -0.1) is 0 Å². The summed E-state index contributed by atoms with van der Waals surface area (Å²) in [6.45, 7) is 5.94. The fraction of sp³-hybridized carbons (Fsp3) is 0.375. The highest BCUT2D eigenvalue weighted by Crippen LogP contribution is 2.26. The number of hydrogen-bond donors (Lipinski definition) is 0. The number of ether oxygens (including phenoxy) is 1. The minimum absolute atomic E-state index is 0.117. The number of likely N-dealkylation sites (N-methyl/N-ethyl adjacent to an activating group) is 1. The number of hydrogen-bond acceptors (Lipinski definition) is 4. The molecule has 1 aromatic carbocycles. The van der Waals surface area contributed by atoms with Crippen LogP contribution in [0.5, 0.6) is 5.75 Å². The highest BCUT2D eigenvalue weighted by Gasteiger charge is 2.21. The molecule has 0 aliphatic rings. The van der Waals surface area contributed by atoms with Gasteiger partial charge in [0.25, 0.3) is 5.91 Å². The van der Waals surface area contributed by atoms with Crippen LogP contribution in [0.3, 0.4) is 0 Å². The van der Waals surface area contributed by atoms with Crippen molar-refractivity contribution in [3.8, 4) is 5.75 Å². The molecule has 1 aromatic heterocycles. The average molecular weight is 367 g/mol. The molecule has 1 heterocycles. The predicted molar refractivity (Wildman–Crippen MR) is 86.7 cm³/mol. The summed E-state index contributed by atoms with van der Waals surface area (Å²) >= 11 is 3.45. The van der Waals surface area contributed by atoms with E-state index >= 15 is 0 Å². The third-order valence-electron chi connectivity index (χ3n) is 3.19. The zero-order valence-electron chi connectivity index (χ0n) is 13.1. The Morgan fingerprint density at radius 1 is 1.41 bits per heavy atom. The Bertz CT molecular complexity index is 669. The number of aryl methyl sites for hydroxylation is 2. The molecule has 0 N–H and O–H groups in total. The minimum Gasteiger partial charge on any atom is -0.480 e. The summed E-state index contributed by atoms with van der Waals surface area (Å²) in [5, 5.41) is 3.89. The number of benzene rings is 1. The van der Waals surface area contributed by atoms with Crippen LogP contribution in [0, 0.1) is 13.8 Å². The molecule has 0 saturated carbocycles. The molecule has 6 heteroatoms. The molecule has 118 valence electrons. The van der Waals surface area contributed by atoms with Crippen LogP contribution >= 0.6 is 15.9 Å². The first-order valence-corrected chi connectivity index (χ1v) is 7.76. The van der Waals surface area contributed by atoms with Gasteiger partial charge in [0.05, 0.1) is 11.0 Å². The maximum Gasteiger partial charge on any atom is 0.263 e. The molecule has 2 aromatic rings. The van der Waals surface area contributed by atoms with E-state index in [4.69, 9.17) is 9.26 Å². The van der Waals surface area contributed by atoms with Gasteiger partial charge < -0.3 is 14.2 Å². The van der Waals surface area contributed by atoms with E-state index in [1.54, 1.807) is 18.9 Å². The molecule has 1 atom stereocenters. The van der Waals surface area contributed by atoms with Crippen LogP contribution in [0.15, 0.2) is 33.3 Å². The zero-order valence-corrected chi connectivity index (χ0v) is 14.7. The summed E-state index contributed by atoms with van der Waals surface area (Å²) in [7, 11) is 1.72. The van der Waals surface area contributed by atoms with E-state index in [0.717, 1.165) is 21.5 Å². The van der Waals surface area contributed by atoms with Crippen molar-refractivity contribution in [3.63, 3.8) is 0 Å². The maximum atomic E-state index is 12.4. The third kappa shape index (κ3) is 4.10. The van der Waals surface area contributed by atoms with Crippen LogP contribution < -0.4 is 4.74 Å². The molecule has 1 amide bonds. The van der Waals surface area contributed by atoms with Crippen LogP contribution in [0.2, 0.25) is 0 Å². The number of carbonyl (C=O) groups excluding carboxylic acids is 1. The molecule has 0 aliphatic carbocycles. The Morgan fingerprint density at radius 3 is 2.73 bits per heavy atom. The molecule has 0 bridgehead atoms. The van der Waals surface area contributed by atoms with Crippen molar-refractivity contribution in [2.45, 2.75) is 33.4 Å². The minimum atomic E-state index is -0.586. The van der Waals surface area contributed by atoms with Crippen molar-refractivity contribution >= 4 is 21.8 Å². The number of nitrogens with zero attached hydrogens (tertiary/aromatic N) is 2. The van der Waals surface area contributed by atoms with Gasteiger partial charge in [0.2, 0.25) is 0 Å². The third-order valence-corrected chi connectivity index (χ3v) is 3.81. The van der Waals surface area contributed by atoms with Crippen LogP contribution in [0.25, 0.3) is 0 Å². The first-order chi connectivity index (χ1) is 10.4. The van der Waals surface area contributed by atoms with E-state index < -0.39 is 6.10 Å². The smallest absolute Gasteiger partial charge is 0.263 e. The first kappa shape index (κ1) is 16.5. The fourth-order valence-electron chi connectivity index (χ4n) is 2.07. The molecule has 0 fully saturated rings. The van der Waals surface area contributed by atoms with E-state index in [1.807, 2.05) is 38.1 Å². The van der Waals surface area contributed by atoms with Gasteiger partial charge in [-0.3, -0.25) is 4.79 Å². The second kappa shape index (κ2) is 6.96. The number of rotatable bonds is 5. The molecule has 0 radical (unpaired) electrons. The van der Waals surface area contributed by atoms with E-state index in [-0.39, 0.29) is 5.91 Å². The second-order valence-corrected chi connectivity index (χ2v) is 6.17. The van der Waals surface area contributed by atoms with Gasteiger partial charge in [-0.1, -0.05) is 11.2 Å². The molecule has 0 spiro atoms. The Kier molecular flexibility index (Phi) is 5.24. The van der Waals surface area contributed by atoms with Gasteiger partial charge in [0.1, 0.15) is 17.2 Å². The lowest BCUT2D eigenvalue weighted by Crippen LogP contribution is -2.37. The number of carbonyl (C=O) groups is 1. The lowest BCUT2D eigenvalue weighted by molar-refractivity contribution is -0.137. The molecule has 0 unspecified atom stereocenters. The lowest BCUT2D eigenvalue weighted by Gasteiger charge is -2.21. The topological polar surface area (TPSA) is 55.6 Å². The second-order valence-electron chi connectivity index (χ2n) is 5.32. The standard InChI is InChI=1S/C16H19BrN2O3/c1-10-5-6-15(14(17)7-10)21-12(3)16(20)19(4)9-13-8-11(2)22-18-13/h5-8,12H,9H2,1-4H3/t12-/m1/s1. The molecular formula is C16H19BrN2O3. The monoisotopic (exact) mass is 366 g/mol. The summed E-state index contributed by atoms with van der Waals surface area (Å²) in [6, 6.07) is 7.56. The summed E-state index contributed by atoms with van der Waals surface area (Å²) < 4.78 is 11.6.